The molecule has 2 rings (SSSR count). The molecule has 0 fully saturated rings. The van der Waals surface area contributed by atoms with Gasteiger partial charge in [-0.2, -0.15) is 0 Å². The third-order valence-electron chi connectivity index (χ3n) is 3.41. The predicted octanol–water partition coefficient (Wildman–Crippen LogP) is 3.64. The highest BCUT2D eigenvalue weighted by Crippen LogP contribution is 2.17. The number of nitrogens with one attached hydrogen (secondary N) is 2. The summed E-state index contributed by atoms with van der Waals surface area (Å²) in [5.41, 5.74) is 1.68. The van der Waals surface area contributed by atoms with Gasteiger partial charge in [0.2, 0.25) is 11.8 Å². The van der Waals surface area contributed by atoms with Crippen LogP contribution in [0.15, 0.2) is 48.5 Å². The van der Waals surface area contributed by atoms with Gasteiger partial charge in [0.1, 0.15) is 12.2 Å². The topological polar surface area (TPSA) is 84.5 Å². The van der Waals surface area contributed by atoms with E-state index in [-0.39, 0.29) is 18.3 Å². The number of hydrogen-bond donors (Lipinski definition) is 2. The van der Waals surface area contributed by atoms with Gasteiger partial charge in [-0.1, -0.05) is 0 Å². The van der Waals surface area contributed by atoms with Crippen LogP contribution in [0.3, 0.4) is 0 Å². The van der Waals surface area contributed by atoms with Crippen molar-refractivity contribution < 1.29 is 19.1 Å². The standard InChI is InChI=1S/C20H22N2O4/c1-13(2)26-18-10-8-17(9-11-18)22-20(25)12-19(24)21-16-6-4-15(5-7-16)14(3)23/h4-11,13H,12H2,1-3H3,(H,21,24)(H,22,25). The highest BCUT2D eigenvalue weighted by Gasteiger charge is 2.10. The molecule has 0 aliphatic carbocycles. The minimum atomic E-state index is -0.433. The molecule has 2 N–H and O–H groups in total. The Kier molecular flexibility index (Phi) is 6.49. The van der Waals surface area contributed by atoms with Gasteiger partial charge in [0.05, 0.1) is 6.10 Å². The lowest BCUT2D eigenvalue weighted by Gasteiger charge is -2.11. The maximum atomic E-state index is 12.0. The van der Waals surface area contributed by atoms with Gasteiger partial charge in [0.15, 0.2) is 5.78 Å². The fraction of sp³-hybridized carbons (Fsp3) is 0.250. The van der Waals surface area contributed by atoms with Gasteiger partial charge in [0.25, 0.3) is 0 Å². The number of anilines is 2. The zero-order valence-corrected chi connectivity index (χ0v) is 15.0. The van der Waals surface area contributed by atoms with E-state index >= 15 is 0 Å². The number of benzene rings is 2. The summed E-state index contributed by atoms with van der Waals surface area (Å²) in [6, 6.07) is 13.4. The second kappa shape index (κ2) is 8.80. The molecule has 136 valence electrons. The van der Waals surface area contributed by atoms with Crippen molar-refractivity contribution in [2.24, 2.45) is 0 Å². The summed E-state index contributed by atoms with van der Waals surface area (Å²) >= 11 is 0. The Labute approximate surface area is 152 Å². The molecule has 0 bridgehead atoms. The summed E-state index contributed by atoms with van der Waals surface area (Å²) in [4.78, 5) is 35.1. The van der Waals surface area contributed by atoms with Crippen molar-refractivity contribution in [3.05, 3.63) is 54.1 Å². The Hall–Kier alpha value is -3.15. The van der Waals surface area contributed by atoms with Crippen LogP contribution in [0.25, 0.3) is 0 Å². The second-order valence-electron chi connectivity index (χ2n) is 6.10. The molecule has 26 heavy (non-hydrogen) atoms. The molecule has 2 aromatic rings. The first kappa shape index (κ1) is 19.2. The lowest BCUT2D eigenvalue weighted by atomic mass is 10.1. The Morgan fingerprint density at radius 2 is 1.31 bits per heavy atom. The van der Waals surface area contributed by atoms with Crippen molar-refractivity contribution in [1.82, 2.24) is 0 Å². The molecule has 0 unspecified atom stereocenters. The summed E-state index contributed by atoms with van der Waals surface area (Å²) in [5, 5.41) is 5.29. The monoisotopic (exact) mass is 354 g/mol. The van der Waals surface area contributed by atoms with Gasteiger partial charge < -0.3 is 15.4 Å². The SMILES string of the molecule is CC(=O)c1ccc(NC(=O)CC(=O)Nc2ccc(OC(C)C)cc2)cc1. The van der Waals surface area contributed by atoms with E-state index in [4.69, 9.17) is 4.74 Å². The maximum Gasteiger partial charge on any atom is 0.233 e. The van der Waals surface area contributed by atoms with E-state index in [1.807, 2.05) is 13.8 Å². The van der Waals surface area contributed by atoms with Gasteiger partial charge in [0, 0.05) is 16.9 Å². The van der Waals surface area contributed by atoms with Crippen molar-refractivity contribution in [1.29, 1.82) is 0 Å². The molecule has 0 aliphatic rings. The zero-order chi connectivity index (χ0) is 19.1. The highest BCUT2D eigenvalue weighted by atomic mass is 16.5. The van der Waals surface area contributed by atoms with E-state index in [0.717, 1.165) is 0 Å². The van der Waals surface area contributed by atoms with Crippen molar-refractivity contribution in [2.75, 3.05) is 10.6 Å². The zero-order valence-electron chi connectivity index (χ0n) is 15.0. The third kappa shape index (κ3) is 6.05. The molecule has 0 spiro atoms. The normalized spacial score (nSPS) is 10.3. The van der Waals surface area contributed by atoms with Crippen LogP contribution in [-0.4, -0.2) is 23.7 Å². The summed E-state index contributed by atoms with van der Waals surface area (Å²) in [5.74, 6) is -0.185. The first-order chi connectivity index (χ1) is 12.3. The molecule has 0 aromatic heterocycles. The molecule has 0 saturated carbocycles. The molecule has 2 amide bonds. The van der Waals surface area contributed by atoms with Crippen LogP contribution in [-0.2, 0) is 9.59 Å². The second-order valence-corrected chi connectivity index (χ2v) is 6.10. The molecule has 6 nitrogen and oxygen atoms in total. The Morgan fingerprint density at radius 1 is 0.846 bits per heavy atom. The van der Waals surface area contributed by atoms with Crippen LogP contribution in [0.1, 0.15) is 37.6 Å². The lowest BCUT2D eigenvalue weighted by Crippen LogP contribution is -2.21. The van der Waals surface area contributed by atoms with Crippen LogP contribution < -0.4 is 15.4 Å². The quantitative estimate of drug-likeness (QED) is 0.587. The van der Waals surface area contributed by atoms with E-state index in [2.05, 4.69) is 10.6 Å². The van der Waals surface area contributed by atoms with Crippen molar-refractivity contribution in [2.45, 2.75) is 33.3 Å². The fourth-order valence-electron chi connectivity index (χ4n) is 2.23. The summed E-state index contributed by atoms with van der Waals surface area (Å²) in [7, 11) is 0. The Morgan fingerprint density at radius 3 is 1.73 bits per heavy atom. The molecular formula is C20H22N2O4. The van der Waals surface area contributed by atoms with Gasteiger partial charge in [-0.3, -0.25) is 14.4 Å². The minimum Gasteiger partial charge on any atom is -0.491 e. The minimum absolute atomic E-state index is 0.0490. The summed E-state index contributed by atoms with van der Waals surface area (Å²) in [6.45, 7) is 5.34. The molecule has 6 heteroatoms. The number of ether oxygens (including phenoxy) is 1. The Bertz CT molecular complexity index is 780. The van der Waals surface area contributed by atoms with E-state index in [1.54, 1.807) is 48.5 Å². The first-order valence-corrected chi connectivity index (χ1v) is 8.31. The number of rotatable bonds is 7. The van der Waals surface area contributed by atoms with Gasteiger partial charge in [-0.15, -0.1) is 0 Å². The number of ketones is 1. The van der Waals surface area contributed by atoms with E-state index in [1.165, 1.54) is 6.92 Å². The molecular weight excluding hydrogens is 332 g/mol. The van der Waals surface area contributed by atoms with Crippen LogP contribution in [0.2, 0.25) is 0 Å². The van der Waals surface area contributed by atoms with E-state index in [0.29, 0.717) is 22.7 Å². The van der Waals surface area contributed by atoms with Crippen molar-refractivity contribution in [3.63, 3.8) is 0 Å². The number of Topliss-reactive ketones (excluding diaryl/α,β-unsaturated/α-hetero) is 1. The number of hydrogen-bond acceptors (Lipinski definition) is 4. The third-order valence-corrected chi connectivity index (χ3v) is 3.41. The molecule has 0 atom stereocenters. The largest absolute Gasteiger partial charge is 0.491 e. The van der Waals surface area contributed by atoms with Crippen LogP contribution in [0.4, 0.5) is 11.4 Å². The number of carbonyl (C=O) groups excluding carboxylic acids is 3. The Balaban J connectivity index is 1.84. The number of amides is 2. The molecule has 0 radical (unpaired) electrons. The van der Waals surface area contributed by atoms with Crippen molar-refractivity contribution >= 4 is 29.0 Å². The molecule has 2 aromatic carbocycles. The van der Waals surface area contributed by atoms with Crippen LogP contribution in [0.5, 0.6) is 5.75 Å². The van der Waals surface area contributed by atoms with Crippen LogP contribution in [0, 0.1) is 0 Å². The predicted molar refractivity (Wildman–Crippen MR) is 101 cm³/mol. The van der Waals surface area contributed by atoms with E-state index < -0.39 is 11.8 Å². The van der Waals surface area contributed by atoms with Gasteiger partial charge >= 0.3 is 0 Å². The lowest BCUT2D eigenvalue weighted by molar-refractivity contribution is -0.123. The van der Waals surface area contributed by atoms with Gasteiger partial charge in [-0.25, -0.2) is 0 Å². The van der Waals surface area contributed by atoms with Crippen LogP contribution >= 0.6 is 0 Å². The molecule has 0 saturated heterocycles. The van der Waals surface area contributed by atoms with Crippen molar-refractivity contribution in [3.8, 4) is 5.75 Å². The number of carbonyl (C=O) groups is 3. The smallest absolute Gasteiger partial charge is 0.233 e. The summed E-state index contributed by atoms with van der Waals surface area (Å²) < 4.78 is 5.53. The summed E-state index contributed by atoms with van der Waals surface area (Å²) in [6.07, 6.45) is -0.234. The fourth-order valence-corrected chi connectivity index (χ4v) is 2.23. The average Bonchev–Trinajstić information content (AvgIpc) is 2.56. The average molecular weight is 354 g/mol. The van der Waals surface area contributed by atoms with E-state index in [9.17, 15) is 14.4 Å². The van der Waals surface area contributed by atoms with Gasteiger partial charge in [-0.05, 0) is 69.3 Å². The highest BCUT2D eigenvalue weighted by molar-refractivity contribution is 6.08. The molecule has 0 aliphatic heterocycles. The maximum absolute atomic E-state index is 12.0. The molecule has 0 heterocycles. The first-order valence-electron chi connectivity index (χ1n) is 8.31.